The van der Waals surface area contributed by atoms with Crippen LogP contribution in [0.5, 0.6) is 5.75 Å². The summed E-state index contributed by atoms with van der Waals surface area (Å²) in [5.41, 5.74) is -5.16. The molecule has 2 rings (SSSR count). The minimum absolute atomic E-state index is 0.0105. The number of hydrogen-bond donors (Lipinski definition) is 2. The summed E-state index contributed by atoms with van der Waals surface area (Å²) in [5, 5.41) is 19.0. The maximum atomic E-state index is 13.3. The van der Waals surface area contributed by atoms with Crippen molar-refractivity contribution in [2.24, 2.45) is 0 Å². The molecule has 1 aromatic carbocycles. The van der Waals surface area contributed by atoms with E-state index in [4.69, 9.17) is 9.84 Å². The van der Waals surface area contributed by atoms with Crippen molar-refractivity contribution in [3.8, 4) is 5.75 Å². The smallest absolute Gasteiger partial charge is 0.420 e. The van der Waals surface area contributed by atoms with Crippen molar-refractivity contribution < 1.29 is 32.5 Å². The van der Waals surface area contributed by atoms with E-state index in [-0.39, 0.29) is 24.2 Å². The molecule has 0 saturated heterocycles. The summed E-state index contributed by atoms with van der Waals surface area (Å²) in [7, 11) is 1.25. The number of alkyl halides is 3. The number of hydrogen-bond acceptors (Lipinski definition) is 3. The lowest BCUT2D eigenvalue weighted by atomic mass is 9.78. The number of aliphatic hydroxyl groups is 2. The van der Waals surface area contributed by atoms with Crippen molar-refractivity contribution in [2.75, 3.05) is 13.7 Å². The molecule has 2 N–H and O–H groups in total. The predicted molar refractivity (Wildman–Crippen MR) is 62.0 cm³/mol. The molecule has 0 radical (unpaired) electrons. The van der Waals surface area contributed by atoms with Crippen molar-refractivity contribution in [2.45, 2.75) is 30.0 Å². The number of ether oxygens (including phenoxy) is 1. The molecule has 0 spiro atoms. The first-order valence-electron chi connectivity index (χ1n) is 5.96. The molecule has 1 aromatic rings. The summed E-state index contributed by atoms with van der Waals surface area (Å²) in [6.45, 7) is -1.49. The highest BCUT2D eigenvalue weighted by molar-refractivity contribution is 5.47. The number of halogens is 4. The molecule has 1 fully saturated rings. The zero-order valence-corrected chi connectivity index (χ0v) is 10.7. The molecular formula is C13H14F4O3. The lowest BCUT2D eigenvalue weighted by molar-refractivity contribution is -0.284. The van der Waals surface area contributed by atoms with Gasteiger partial charge in [0.15, 0.2) is 5.60 Å². The normalized spacial score (nSPS) is 20.4. The zero-order valence-electron chi connectivity index (χ0n) is 10.7. The van der Waals surface area contributed by atoms with Crippen LogP contribution in [0.2, 0.25) is 0 Å². The highest BCUT2D eigenvalue weighted by Gasteiger charge is 2.72. The summed E-state index contributed by atoms with van der Waals surface area (Å²) in [6.07, 6.45) is -5.05. The third-order valence-corrected chi connectivity index (χ3v) is 3.92. The van der Waals surface area contributed by atoms with E-state index < -0.39 is 29.6 Å². The number of benzene rings is 1. The molecular weight excluding hydrogens is 280 g/mol. The van der Waals surface area contributed by atoms with E-state index in [0.29, 0.717) is 0 Å². The average Bonchev–Trinajstić information content (AvgIpc) is 3.18. The van der Waals surface area contributed by atoms with Crippen LogP contribution >= 0.6 is 0 Å². The van der Waals surface area contributed by atoms with Gasteiger partial charge in [0, 0.05) is 11.0 Å². The Morgan fingerprint density at radius 1 is 1.30 bits per heavy atom. The van der Waals surface area contributed by atoms with E-state index in [1.165, 1.54) is 13.2 Å². The maximum absolute atomic E-state index is 13.3. The Kier molecular flexibility index (Phi) is 3.46. The van der Waals surface area contributed by atoms with Gasteiger partial charge in [-0.2, -0.15) is 13.2 Å². The van der Waals surface area contributed by atoms with Crippen molar-refractivity contribution >= 4 is 0 Å². The maximum Gasteiger partial charge on any atom is 0.420 e. The van der Waals surface area contributed by atoms with E-state index in [9.17, 15) is 22.7 Å². The largest absolute Gasteiger partial charge is 0.496 e. The van der Waals surface area contributed by atoms with Gasteiger partial charge in [0.1, 0.15) is 11.6 Å². The van der Waals surface area contributed by atoms with E-state index >= 15 is 0 Å². The van der Waals surface area contributed by atoms with Gasteiger partial charge < -0.3 is 14.9 Å². The van der Waals surface area contributed by atoms with Crippen molar-refractivity contribution in [1.29, 1.82) is 0 Å². The van der Waals surface area contributed by atoms with Crippen LogP contribution in [0.15, 0.2) is 18.2 Å². The van der Waals surface area contributed by atoms with Gasteiger partial charge in [0.25, 0.3) is 0 Å². The van der Waals surface area contributed by atoms with Crippen LogP contribution in [0.1, 0.15) is 18.4 Å². The van der Waals surface area contributed by atoms with Crippen LogP contribution in [-0.4, -0.2) is 35.7 Å². The van der Waals surface area contributed by atoms with Crippen LogP contribution in [0.3, 0.4) is 0 Å². The van der Waals surface area contributed by atoms with Crippen LogP contribution in [-0.2, 0) is 5.41 Å². The molecule has 0 aliphatic heterocycles. The second-order valence-corrected chi connectivity index (χ2v) is 4.94. The number of methoxy groups -OCH3 is 1. The molecule has 1 aliphatic carbocycles. The van der Waals surface area contributed by atoms with Crippen LogP contribution in [0, 0.1) is 5.82 Å². The Hall–Kier alpha value is -1.34. The minimum atomic E-state index is -5.03. The average molecular weight is 294 g/mol. The summed E-state index contributed by atoms with van der Waals surface area (Å²) in [6, 6.07) is 3.18. The Bertz CT molecular complexity index is 511. The fourth-order valence-electron chi connectivity index (χ4n) is 2.60. The molecule has 1 aliphatic rings. The Labute approximate surface area is 112 Å². The molecule has 7 heteroatoms. The highest BCUT2D eigenvalue weighted by Crippen LogP contribution is 2.62. The zero-order chi connectivity index (χ0) is 15.2. The third kappa shape index (κ3) is 1.96. The van der Waals surface area contributed by atoms with Crippen LogP contribution in [0.4, 0.5) is 17.6 Å². The second-order valence-electron chi connectivity index (χ2n) is 4.94. The lowest BCUT2D eigenvalue weighted by Gasteiger charge is -2.37. The molecule has 0 amide bonds. The van der Waals surface area contributed by atoms with Crippen molar-refractivity contribution in [1.82, 2.24) is 0 Å². The van der Waals surface area contributed by atoms with Gasteiger partial charge in [0.05, 0.1) is 13.7 Å². The number of rotatable bonds is 4. The van der Waals surface area contributed by atoms with Crippen molar-refractivity contribution in [3.63, 3.8) is 0 Å². The molecule has 112 valence electrons. The van der Waals surface area contributed by atoms with Crippen LogP contribution < -0.4 is 4.74 Å². The first kappa shape index (κ1) is 15.1. The monoisotopic (exact) mass is 294 g/mol. The van der Waals surface area contributed by atoms with Gasteiger partial charge in [-0.25, -0.2) is 4.39 Å². The van der Waals surface area contributed by atoms with Gasteiger partial charge in [0.2, 0.25) is 0 Å². The first-order chi connectivity index (χ1) is 9.22. The first-order valence-corrected chi connectivity index (χ1v) is 5.96. The fourth-order valence-corrected chi connectivity index (χ4v) is 2.60. The SMILES string of the molecule is COc1ccc(F)cc1C1(C(O)(CO)C(F)(F)F)CC1. The predicted octanol–water partition coefficient (Wildman–Crippen LogP) is 2.15. The molecule has 0 heterocycles. The fraction of sp³-hybridized carbons (Fsp3) is 0.538. The quantitative estimate of drug-likeness (QED) is 0.837. The van der Waals surface area contributed by atoms with Gasteiger partial charge in [-0.05, 0) is 31.0 Å². The lowest BCUT2D eigenvalue weighted by Crippen LogP contribution is -2.57. The Balaban J connectivity index is 2.59. The van der Waals surface area contributed by atoms with Gasteiger partial charge in [-0.3, -0.25) is 0 Å². The second kappa shape index (κ2) is 4.60. The van der Waals surface area contributed by atoms with Crippen LogP contribution in [0.25, 0.3) is 0 Å². The van der Waals surface area contributed by atoms with Gasteiger partial charge >= 0.3 is 6.18 Å². The molecule has 1 unspecified atom stereocenters. The standard InChI is InChI=1S/C13H14F4O3/c1-20-10-3-2-8(14)6-9(10)11(4-5-11)12(19,7-18)13(15,16)17/h2-3,6,18-19H,4-5,7H2,1H3. The Morgan fingerprint density at radius 2 is 1.90 bits per heavy atom. The van der Waals surface area contributed by atoms with E-state index in [0.717, 1.165) is 12.1 Å². The third-order valence-electron chi connectivity index (χ3n) is 3.92. The molecule has 3 nitrogen and oxygen atoms in total. The Morgan fingerprint density at radius 3 is 2.30 bits per heavy atom. The topological polar surface area (TPSA) is 49.7 Å². The molecule has 0 aromatic heterocycles. The van der Waals surface area contributed by atoms with Gasteiger partial charge in [-0.15, -0.1) is 0 Å². The van der Waals surface area contributed by atoms with E-state index in [2.05, 4.69) is 0 Å². The highest BCUT2D eigenvalue weighted by atomic mass is 19.4. The van der Waals surface area contributed by atoms with E-state index in [1.54, 1.807) is 0 Å². The summed E-state index contributed by atoms with van der Waals surface area (Å²) < 4.78 is 57.7. The molecule has 20 heavy (non-hydrogen) atoms. The van der Waals surface area contributed by atoms with Crippen molar-refractivity contribution in [3.05, 3.63) is 29.6 Å². The summed E-state index contributed by atoms with van der Waals surface area (Å²) in [4.78, 5) is 0. The molecule has 1 atom stereocenters. The molecule has 0 bridgehead atoms. The number of aliphatic hydroxyl groups excluding tert-OH is 1. The summed E-state index contributed by atoms with van der Waals surface area (Å²) in [5.74, 6) is -0.672. The molecule has 1 saturated carbocycles. The van der Waals surface area contributed by atoms with E-state index in [1.807, 2.05) is 0 Å². The van der Waals surface area contributed by atoms with Gasteiger partial charge in [-0.1, -0.05) is 0 Å². The summed E-state index contributed by atoms with van der Waals surface area (Å²) >= 11 is 0. The minimum Gasteiger partial charge on any atom is -0.496 e.